The molecular weight excluding hydrogens is 388 g/mol. The van der Waals surface area contributed by atoms with Gasteiger partial charge in [-0.1, -0.05) is 13.0 Å². The molecule has 3 aromatic rings. The predicted octanol–water partition coefficient (Wildman–Crippen LogP) is 3.29. The molecule has 0 unspecified atom stereocenters. The second-order valence-corrected chi connectivity index (χ2v) is 7.23. The lowest BCUT2D eigenvalue weighted by molar-refractivity contribution is 0.102. The van der Waals surface area contributed by atoms with Gasteiger partial charge in [-0.2, -0.15) is 11.8 Å². The monoisotopic (exact) mass is 410 g/mol. The first-order valence-electron chi connectivity index (χ1n) is 9.07. The van der Waals surface area contributed by atoms with E-state index in [2.05, 4.69) is 30.6 Å². The molecule has 0 bridgehead atoms. The molecule has 0 aliphatic heterocycles. The van der Waals surface area contributed by atoms with Crippen molar-refractivity contribution in [3.63, 3.8) is 0 Å². The third-order valence-electron chi connectivity index (χ3n) is 4.12. The van der Waals surface area contributed by atoms with E-state index >= 15 is 0 Å². The number of thioether (sulfide) groups is 1. The number of carbonyl (C=O) groups is 1. The van der Waals surface area contributed by atoms with Crippen molar-refractivity contribution >= 4 is 34.9 Å². The Labute approximate surface area is 172 Å². The molecule has 2 aromatic heterocycles. The van der Waals surface area contributed by atoms with Gasteiger partial charge in [0.25, 0.3) is 11.5 Å². The number of aromatic nitrogens is 4. The zero-order valence-electron chi connectivity index (χ0n) is 16.4. The minimum Gasteiger partial charge on any atom is -0.340 e. The van der Waals surface area contributed by atoms with E-state index in [0.29, 0.717) is 23.1 Å². The zero-order valence-corrected chi connectivity index (χ0v) is 17.3. The number of carbonyl (C=O) groups excluding carboxylic acids is 1. The molecule has 3 N–H and O–H groups in total. The summed E-state index contributed by atoms with van der Waals surface area (Å²) in [6.45, 7) is 3.90. The largest absolute Gasteiger partial charge is 0.340 e. The van der Waals surface area contributed by atoms with Crippen LogP contribution >= 0.6 is 11.8 Å². The van der Waals surface area contributed by atoms with Crippen LogP contribution in [0.4, 0.5) is 17.2 Å². The van der Waals surface area contributed by atoms with Crippen molar-refractivity contribution in [3.05, 3.63) is 69.8 Å². The van der Waals surface area contributed by atoms with Crippen LogP contribution in [0.2, 0.25) is 0 Å². The van der Waals surface area contributed by atoms with Gasteiger partial charge in [-0.05, 0) is 37.3 Å². The maximum Gasteiger partial charge on any atom is 0.274 e. The van der Waals surface area contributed by atoms with Crippen molar-refractivity contribution in [1.82, 2.24) is 19.9 Å². The molecule has 150 valence electrons. The molecule has 0 aliphatic carbocycles. The number of benzene rings is 1. The number of anilines is 3. The number of aromatic amines is 1. The topological polar surface area (TPSA) is 113 Å². The molecule has 29 heavy (non-hydrogen) atoms. The predicted molar refractivity (Wildman–Crippen MR) is 116 cm³/mol. The maximum atomic E-state index is 12.7. The molecule has 1 amide bonds. The van der Waals surface area contributed by atoms with Crippen LogP contribution in [0.1, 0.15) is 34.5 Å². The summed E-state index contributed by atoms with van der Waals surface area (Å²) >= 11 is 1.51. The Morgan fingerprint density at radius 1 is 1.21 bits per heavy atom. The number of hydrogen-bond acceptors (Lipinski definition) is 7. The van der Waals surface area contributed by atoms with Crippen molar-refractivity contribution in [1.29, 1.82) is 0 Å². The Balaban J connectivity index is 1.85. The van der Waals surface area contributed by atoms with Gasteiger partial charge < -0.3 is 15.6 Å². The molecule has 0 saturated heterocycles. The Morgan fingerprint density at radius 3 is 2.76 bits per heavy atom. The molecule has 0 fully saturated rings. The minimum absolute atomic E-state index is 0.0876. The fraction of sp³-hybridized carbons (Fsp3) is 0.250. The van der Waals surface area contributed by atoms with E-state index in [-0.39, 0.29) is 11.3 Å². The Hall–Kier alpha value is -3.20. The quantitative estimate of drug-likeness (QED) is 0.548. The molecule has 2 heterocycles. The van der Waals surface area contributed by atoms with Gasteiger partial charge in [0, 0.05) is 29.2 Å². The van der Waals surface area contributed by atoms with Crippen LogP contribution in [0.25, 0.3) is 0 Å². The molecule has 0 spiro atoms. The maximum absolute atomic E-state index is 12.7. The van der Waals surface area contributed by atoms with Crippen LogP contribution in [0.3, 0.4) is 0 Å². The van der Waals surface area contributed by atoms with E-state index < -0.39 is 5.91 Å². The smallest absolute Gasteiger partial charge is 0.274 e. The Bertz CT molecular complexity index is 1080. The summed E-state index contributed by atoms with van der Waals surface area (Å²) in [5, 5.41) is 6.09. The lowest BCUT2D eigenvalue weighted by Gasteiger charge is -2.13. The third kappa shape index (κ3) is 5.41. The van der Waals surface area contributed by atoms with E-state index in [0.717, 1.165) is 23.4 Å². The van der Waals surface area contributed by atoms with Crippen molar-refractivity contribution in [2.24, 2.45) is 0 Å². The average molecular weight is 411 g/mol. The SMILES string of the molecule is CCc1ccc(Nc2cc(C)ncn2)cc1NC(=O)c1cc(=O)[nH]c(CSC)n1. The number of nitrogens with zero attached hydrogens (tertiary/aromatic N) is 3. The fourth-order valence-electron chi connectivity index (χ4n) is 2.77. The summed E-state index contributed by atoms with van der Waals surface area (Å²) < 4.78 is 0. The summed E-state index contributed by atoms with van der Waals surface area (Å²) in [6.07, 6.45) is 4.13. The van der Waals surface area contributed by atoms with Gasteiger partial charge in [0.05, 0.1) is 5.75 Å². The van der Waals surface area contributed by atoms with Crippen molar-refractivity contribution in [3.8, 4) is 0 Å². The second-order valence-electron chi connectivity index (χ2n) is 6.36. The highest BCUT2D eigenvalue weighted by molar-refractivity contribution is 7.97. The van der Waals surface area contributed by atoms with Crippen molar-refractivity contribution in [2.45, 2.75) is 26.0 Å². The summed E-state index contributed by atoms with van der Waals surface area (Å²) in [5.41, 5.74) is 2.99. The first-order chi connectivity index (χ1) is 14.0. The minimum atomic E-state index is -0.428. The van der Waals surface area contributed by atoms with Gasteiger partial charge in [-0.25, -0.2) is 15.0 Å². The van der Waals surface area contributed by atoms with E-state index in [9.17, 15) is 9.59 Å². The van der Waals surface area contributed by atoms with Crippen LogP contribution in [0, 0.1) is 6.92 Å². The Kier molecular flexibility index (Phi) is 6.61. The highest BCUT2D eigenvalue weighted by Gasteiger charge is 2.13. The summed E-state index contributed by atoms with van der Waals surface area (Å²) in [5.74, 6) is 1.23. The first-order valence-corrected chi connectivity index (χ1v) is 10.5. The number of hydrogen-bond donors (Lipinski definition) is 3. The summed E-state index contributed by atoms with van der Waals surface area (Å²) in [4.78, 5) is 39.7. The number of H-pyrrole nitrogens is 1. The van der Waals surface area contributed by atoms with Crippen LogP contribution in [-0.2, 0) is 12.2 Å². The fourth-order valence-corrected chi connectivity index (χ4v) is 3.18. The molecular formula is C20H22N6O2S. The second kappa shape index (κ2) is 9.33. The molecule has 0 radical (unpaired) electrons. The van der Waals surface area contributed by atoms with Gasteiger partial charge in [-0.3, -0.25) is 9.59 Å². The van der Waals surface area contributed by atoms with E-state index in [1.807, 2.05) is 44.4 Å². The van der Waals surface area contributed by atoms with Gasteiger partial charge in [0.15, 0.2) is 0 Å². The number of amides is 1. The zero-order chi connectivity index (χ0) is 20.8. The van der Waals surface area contributed by atoms with Crippen LogP contribution in [0.15, 0.2) is 41.5 Å². The normalized spacial score (nSPS) is 10.6. The van der Waals surface area contributed by atoms with Gasteiger partial charge in [0.1, 0.15) is 23.7 Å². The molecule has 9 heteroatoms. The Morgan fingerprint density at radius 2 is 2.03 bits per heavy atom. The standard InChI is InChI=1S/C20H22N6O2S/c1-4-13-5-6-14(23-17-7-12(2)21-11-22-17)8-15(13)25-20(28)16-9-19(27)26-18(24-16)10-29-3/h5-9,11H,4,10H2,1-3H3,(H,25,28)(H,21,22,23)(H,24,26,27). The highest BCUT2D eigenvalue weighted by atomic mass is 32.2. The van der Waals surface area contributed by atoms with E-state index in [4.69, 9.17) is 0 Å². The van der Waals surface area contributed by atoms with E-state index in [1.54, 1.807) is 0 Å². The van der Waals surface area contributed by atoms with Crippen molar-refractivity contribution < 1.29 is 4.79 Å². The lowest BCUT2D eigenvalue weighted by atomic mass is 10.1. The molecule has 8 nitrogen and oxygen atoms in total. The van der Waals surface area contributed by atoms with Gasteiger partial charge >= 0.3 is 0 Å². The number of nitrogens with one attached hydrogen (secondary N) is 3. The molecule has 1 aromatic carbocycles. The van der Waals surface area contributed by atoms with E-state index in [1.165, 1.54) is 24.2 Å². The number of aryl methyl sites for hydroxylation is 2. The number of rotatable bonds is 7. The van der Waals surface area contributed by atoms with Crippen LogP contribution < -0.4 is 16.2 Å². The molecule has 0 aliphatic rings. The van der Waals surface area contributed by atoms with Crippen LogP contribution in [0.5, 0.6) is 0 Å². The summed E-state index contributed by atoms with van der Waals surface area (Å²) in [6, 6.07) is 8.74. The molecule has 3 rings (SSSR count). The third-order valence-corrected chi connectivity index (χ3v) is 4.68. The van der Waals surface area contributed by atoms with Gasteiger partial charge in [0.2, 0.25) is 0 Å². The highest BCUT2D eigenvalue weighted by Crippen LogP contribution is 2.24. The average Bonchev–Trinajstić information content (AvgIpc) is 2.68. The van der Waals surface area contributed by atoms with Crippen molar-refractivity contribution in [2.75, 3.05) is 16.9 Å². The van der Waals surface area contributed by atoms with Crippen LogP contribution in [-0.4, -0.2) is 32.1 Å². The van der Waals surface area contributed by atoms with Gasteiger partial charge in [-0.15, -0.1) is 0 Å². The molecule has 0 saturated carbocycles. The lowest BCUT2D eigenvalue weighted by Crippen LogP contribution is -2.20. The molecule has 0 atom stereocenters. The first kappa shape index (κ1) is 20.5. The summed E-state index contributed by atoms with van der Waals surface area (Å²) in [7, 11) is 0.